The van der Waals surface area contributed by atoms with Gasteiger partial charge in [-0.3, -0.25) is 4.79 Å². The molecule has 1 aliphatic carbocycles. The summed E-state index contributed by atoms with van der Waals surface area (Å²) in [7, 11) is 0. The Balaban J connectivity index is 1.31. The molecule has 4 heterocycles. The molecule has 10 nitrogen and oxygen atoms in total. The second-order valence-electron chi connectivity index (χ2n) is 11.0. The molecule has 3 atom stereocenters. The number of aromatic nitrogens is 3. The normalized spacial score (nSPS) is 20.9. The number of nitrogens with two attached hydrogens (primary N) is 1. The van der Waals surface area contributed by atoms with Gasteiger partial charge < -0.3 is 26.0 Å². The number of hydrogen-bond acceptors (Lipinski definition) is 8. The molecule has 3 aromatic heterocycles. The molecule has 4 N–H and O–H groups in total. The highest BCUT2D eigenvalue weighted by molar-refractivity contribution is 5.98. The van der Waals surface area contributed by atoms with Gasteiger partial charge in [-0.15, -0.1) is 0 Å². The predicted octanol–water partition coefficient (Wildman–Crippen LogP) is 3.98. The summed E-state index contributed by atoms with van der Waals surface area (Å²) >= 11 is 0. The maximum Gasteiger partial charge on any atom is 0.407 e. The average Bonchev–Trinajstić information content (AvgIpc) is 3.38. The average molecular weight is 522 g/mol. The zero-order valence-corrected chi connectivity index (χ0v) is 21.9. The fraction of sp³-hybridized carbons (Fsp3) is 0.444. The van der Waals surface area contributed by atoms with Crippen LogP contribution >= 0.6 is 0 Å². The van der Waals surface area contributed by atoms with Crippen LogP contribution in [-0.4, -0.2) is 57.9 Å². The summed E-state index contributed by atoms with van der Waals surface area (Å²) in [6.07, 6.45) is 2.88. The first-order valence-electron chi connectivity index (χ1n) is 12.7. The molecule has 0 radical (unpaired) electrons. The zero-order valence-electron chi connectivity index (χ0n) is 21.9. The lowest BCUT2D eigenvalue weighted by Gasteiger charge is -2.22. The van der Waals surface area contributed by atoms with Crippen LogP contribution in [0, 0.1) is 12.8 Å². The highest BCUT2D eigenvalue weighted by Crippen LogP contribution is 2.35. The van der Waals surface area contributed by atoms with Crippen LogP contribution in [0.3, 0.4) is 0 Å². The van der Waals surface area contributed by atoms with E-state index in [0.717, 1.165) is 35.3 Å². The summed E-state index contributed by atoms with van der Waals surface area (Å²) in [5, 5.41) is 7.02. The molecule has 0 spiro atoms. The zero-order chi connectivity index (χ0) is 27.2. The molecule has 0 bridgehead atoms. The van der Waals surface area contributed by atoms with E-state index in [9.17, 15) is 14.0 Å². The molecular weight excluding hydrogens is 489 g/mol. The fourth-order valence-electron chi connectivity index (χ4n) is 4.58. The van der Waals surface area contributed by atoms with Crippen LogP contribution in [0.1, 0.15) is 39.2 Å². The van der Waals surface area contributed by atoms with Crippen LogP contribution in [0.4, 0.5) is 26.6 Å². The lowest BCUT2D eigenvalue weighted by molar-refractivity contribution is -0.117. The molecule has 2 fully saturated rings. The van der Waals surface area contributed by atoms with Crippen molar-refractivity contribution in [2.24, 2.45) is 5.92 Å². The van der Waals surface area contributed by atoms with E-state index in [1.165, 1.54) is 0 Å². The molecule has 11 heteroatoms. The van der Waals surface area contributed by atoms with Crippen LogP contribution in [-0.2, 0) is 9.53 Å². The van der Waals surface area contributed by atoms with Crippen molar-refractivity contribution in [3.63, 3.8) is 0 Å². The van der Waals surface area contributed by atoms with E-state index in [2.05, 4.69) is 30.5 Å². The first-order valence-corrected chi connectivity index (χ1v) is 12.7. The van der Waals surface area contributed by atoms with E-state index in [4.69, 9.17) is 10.5 Å². The van der Waals surface area contributed by atoms with Gasteiger partial charge >= 0.3 is 6.09 Å². The number of rotatable bonds is 5. The van der Waals surface area contributed by atoms with Crippen molar-refractivity contribution in [3.8, 4) is 11.3 Å². The molecule has 38 heavy (non-hydrogen) atoms. The van der Waals surface area contributed by atoms with Gasteiger partial charge in [-0.25, -0.2) is 24.1 Å². The number of anilines is 3. The van der Waals surface area contributed by atoms with E-state index in [-0.39, 0.29) is 18.4 Å². The highest BCUT2D eigenvalue weighted by Gasteiger charge is 2.43. The molecule has 0 aromatic carbocycles. The van der Waals surface area contributed by atoms with Gasteiger partial charge in [0.05, 0.1) is 17.7 Å². The molecule has 1 saturated carbocycles. The minimum absolute atomic E-state index is 0.0208. The number of carbonyl (C=O) groups excluding carboxylic acids is 2. The number of ether oxygens (including phenoxy) is 1. The van der Waals surface area contributed by atoms with Gasteiger partial charge in [0, 0.05) is 36.4 Å². The van der Waals surface area contributed by atoms with Crippen molar-refractivity contribution in [2.45, 2.75) is 58.4 Å². The third-order valence-electron chi connectivity index (χ3n) is 6.65. The number of alkyl carbamates (subject to hydrolysis) is 1. The van der Waals surface area contributed by atoms with Gasteiger partial charge in [0.1, 0.15) is 29.2 Å². The number of amides is 2. The summed E-state index contributed by atoms with van der Waals surface area (Å²) in [6, 6.07) is 5.56. The molecule has 200 valence electrons. The topological polar surface area (TPSA) is 135 Å². The smallest absolute Gasteiger partial charge is 0.407 e. The molecule has 2 amide bonds. The Kier molecular flexibility index (Phi) is 6.54. The van der Waals surface area contributed by atoms with Crippen LogP contribution in [0.25, 0.3) is 22.0 Å². The predicted molar refractivity (Wildman–Crippen MR) is 144 cm³/mol. The molecule has 2 aliphatic rings. The Morgan fingerprint density at radius 2 is 1.95 bits per heavy atom. The fourth-order valence-corrected chi connectivity index (χ4v) is 4.58. The standard InChI is InChI=1S/C27H32FN7O3/c1-14-7-23(35-6-5-16(13-35)32-26(37)38-27(2,3)4)31-11-18(14)21-8-15-9-22(30-12-19(15)24(29)33-21)34-25(36)17-10-20(17)28/h7-9,11-12,16-17,20H,5-6,10,13H2,1-4H3,(H2,29,33)(H,32,37)(H,30,34,36)/t16-,17?,20?/m0/s1. The van der Waals surface area contributed by atoms with Crippen molar-refractivity contribution >= 4 is 40.2 Å². The molecular formula is C27H32FN7O3. The number of aryl methyl sites for hydroxylation is 1. The minimum atomic E-state index is -1.08. The molecule has 1 saturated heterocycles. The number of nitrogens with zero attached hydrogens (tertiary/aromatic N) is 4. The van der Waals surface area contributed by atoms with Crippen molar-refractivity contribution in [2.75, 3.05) is 29.0 Å². The highest BCUT2D eigenvalue weighted by atomic mass is 19.1. The van der Waals surface area contributed by atoms with E-state index in [1.807, 2.05) is 39.8 Å². The first-order chi connectivity index (χ1) is 18.0. The molecule has 2 unspecified atom stereocenters. The van der Waals surface area contributed by atoms with E-state index in [0.29, 0.717) is 29.3 Å². The van der Waals surface area contributed by atoms with Gasteiger partial charge in [-0.05, 0) is 69.7 Å². The lowest BCUT2D eigenvalue weighted by Crippen LogP contribution is -2.40. The van der Waals surface area contributed by atoms with E-state index in [1.54, 1.807) is 18.5 Å². The maximum atomic E-state index is 13.2. The second-order valence-corrected chi connectivity index (χ2v) is 11.0. The summed E-state index contributed by atoms with van der Waals surface area (Å²) in [4.78, 5) is 39.8. The Hall–Kier alpha value is -4.02. The van der Waals surface area contributed by atoms with Crippen LogP contribution in [0.5, 0.6) is 0 Å². The van der Waals surface area contributed by atoms with Gasteiger partial charge in [0.25, 0.3) is 0 Å². The number of pyridine rings is 3. The van der Waals surface area contributed by atoms with Gasteiger partial charge in [0.15, 0.2) is 0 Å². The summed E-state index contributed by atoms with van der Waals surface area (Å²) in [5.41, 5.74) is 8.13. The number of nitrogens with one attached hydrogen (secondary N) is 2. The number of nitrogen functional groups attached to an aromatic ring is 1. The van der Waals surface area contributed by atoms with Crippen molar-refractivity contribution < 1.29 is 18.7 Å². The van der Waals surface area contributed by atoms with Gasteiger partial charge in [-0.2, -0.15) is 0 Å². The van der Waals surface area contributed by atoms with E-state index >= 15 is 0 Å². The summed E-state index contributed by atoms with van der Waals surface area (Å²) < 4.78 is 18.6. The molecule has 1 aliphatic heterocycles. The molecule has 5 rings (SSSR count). The SMILES string of the molecule is Cc1cc(N2CC[C@H](NC(=O)OC(C)(C)C)C2)ncc1-c1cc2cc(NC(=O)C3CC3F)ncc2c(N)n1. The second kappa shape index (κ2) is 9.70. The Labute approximate surface area is 220 Å². The minimum Gasteiger partial charge on any atom is -0.444 e. The van der Waals surface area contributed by atoms with Crippen molar-refractivity contribution in [3.05, 3.63) is 36.2 Å². The van der Waals surface area contributed by atoms with E-state index < -0.39 is 23.8 Å². The quantitative estimate of drug-likeness (QED) is 0.459. The third kappa shape index (κ3) is 5.61. The van der Waals surface area contributed by atoms with Gasteiger partial charge in [0.2, 0.25) is 5.91 Å². The summed E-state index contributed by atoms with van der Waals surface area (Å²) in [5.74, 6) is 0.498. The van der Waals surface area contributed by atoms with Crippen molar-refractivity contribution in [1.82, 2.24) is 20.3 Å². The maximum absolute atomic E-state index is 13.2. The number of fused-ring (bicyclic) bond motifs is 1. The van der Waals surface area contributed by atoms with Crippen LogP contribution < -0.4 is 21.3 Å². The number of halogens is 1. The third-order valence-corrected chi connectivity index (χ3v) is 6.65. The first kappa shape index (κ1) is 25.6. The Morgan fingerprint density at radius 1 is 1.18 bits per heavy atom. The van der Waals surface area contributed by atoms with Crippen molar-refractivity contribution in [1.29, 1.82) is 0 Å². The Bertz CT molecular complexity index is 1410. The Morgan fingerprint density at radius 3 is 2.63 bits per heavy atom. The lowest BCUT2D eigenvalue weighted by atomic mass is 10.1. The van der Waals surface area contributed by atoms with Crippen LogP contribution in [0.15, 0.2) is 30.6 Å². The number of hydrogen-bond donors (Lipinski definition) is 3. The number of alkyl halides is 1. The monoisotopic (exact) mass is 521 g/mol. The largest absolute Gasteiger partial charge is 0.444 e. The van der Waals surface area contributed by atoms with Crippen LogP contribution in [0.2, 0.25) is 0 Å². The summed E-state index contributed by atoms with van der Waals surface area (Å²) in [6.45, 7) is 8.90. The number of carbonyl (C=O) groups is 2. The molecule has 3 aromatic rings. The van der Waals surface area contributed by atoms with Gasteiger partial charge in [-0.1, -0.05) is 0 Å².